The van der Waals surface area contributed by atoms with Crippen LogP contribution in [0.25, 0.3) is 0 Å². The molecule has 1 unspecified atom stereocenters. The van der Waals surface area contributed by atoms with Crippen LogP contribution in [0.1, 0.15) is 28.9 Å². The van der Waals surface area contributed by atoms with E-state index in [2.05, 4.69) is 5.32 Å². The molecule has 0 spiro atoms. The Morgan fingerprint density at radius 1 is 1.04 bits per heavy atom. The van der Waals surface area contributed by atoms with Crippen LogP contribution in [0.5, 0.6) is 17.2 Å². The van der Waals surface area contributed by atoms with E-state index < -0.39 is 0 Å². The SMILES string of the molecule is COc1ccc(C(C)NC(=O)c2cc(Cl)c(N)cc2OC)cc1OC.Cl. The maximum absolute atomic E-state index is 12.6. The van der Waals surface area contributed by atoms with Gasteiger partial charge >= 0.3 is 0 Å². The van der Waals surface area contributed by atoms with E-state index in [0.717, 1.165) is 5.56 Å². The van der Waals surface area contributed by atoms with E-state index in [4.69, 9.17) is 31.5 Å². The van der Waals surface area contributed by atoms with E-state index in [-0.39, 0.29) is 24.4 Å². The van der Waals surface area contributed by atoms with Crippen molar-refractivity contribution >= 4 is 35.6 Å². The van der Waals surface area contributed by atoms with Crippen LogP contribution in [-0.4, -0.2) is 27.2 Å². The first-order valence-electron chi connectivity index (χ1n) is 7.57. The third-order valence-electron chi connectivity index (χ3n) is 3.82. The number of hydrogen-bond donors (Lipinski definition) is 2. The Bertz CT molecular complexity index is 784. The molecule has 0 heterocycles. The highest BCUT2D eigenvalue weighted by Crippen LogP contribution is 2.31. The Labute approximate surface area is 164 Å². The van der Waals surface area contributed by atoms with Gasteiger partial charge in [-0.25, -0.2) is 0 Å². The summed E-state index contributed by atoms with van der Waals surface area (Å²) in [7, 11) is 4.60. The van der Waals surface area contributed by atoms with E-state index in [1.807, 2.05) is 19.1 Å². The van der Waals surface area contributed by atoms with Crippen LogP contribution in [-0.2, 0) is 0 Å². The largest absolute Gasteiger partial charge is 0.496 e. The highest BCUT2D eigenvalue weighted by molar-refractivity contribution is 6.33. The van der Waals surface area contributed by atoms with Crippen molar-refractivity contribution in [3.8, 4) is 17.2 Å². The fourth-order valence-electron chi connectivity index (χ4n) is 2.40. The van der Waals surface area contributed by atoms with Crippen LogP contribution in [0, 0.1) is 0 Å². The molecule has 8 heteroatoms. The van der Waals surface area contributed by atoms with Crippen molar-refractivity contribution in [3.63, 3.8) is 0 Å². The third-order valence-corrected chi connectivity index (χ3v) is 4.15. The smallest absolute Gasteiger partial charge is 0.255 e. The monoisotopic (exact) mass is 400 g/mol. The van der Waals surface area contributed by atoms with Gasteiger partial charge in [0.15, 0.2) is 11.5 Å². The van der Waals surface area contributed by atoms with Gasteiger partial charge in [-0.05, 0) is 30.7 Å². The first kappa shape index (κ1) is 21.7. The molecule has 26 heavy (non-hydrogen) atoms. The molecule has 0 aromatic heterocycles. The number of carbonyl (C=O) groups is 1. The predicted molar refractivity (Wildman–Crippen MR) is 105 cm³/mol. The molecule has 0 radical (unpaired) electrons. The number of methoxy groups -OCH3 is 3. The Kier molecular flexibility index (Phi) is 7.86. The number of nitrogens with one attached hydrogen (secondary N) is 1. The molecule has 0 bridgehead atoms. The summed E-state index contributed by atoms with van der Waals surface area (Å²) >= 11 is 6.02. The second-order valence-corrected chi connectivity index (χ2v) is 5.79. The van der Waals surface area contributed by atoms with Crippen molar-refractivity contribution in [3.05, 3.63) is 46.5 Å². The molecule has 3 N–H and O–H groups in total. The van der Waals surface area contributed by atoms with Gasteiger partial charge in [0.25, 0.3) is 5.91 Å². The van der Waals surface area contributed by atoms with Crippen molar-refractivity contribution < 1.29 is 19.0 Å². The van der Waals surface area contributed by atoms with Crippen LogP contribution in [0.2, 0.25) is 5.02 Å². The van der Waals surface area contributed by atoms with E-state index in [0.29, 0.717) is 33.5 Å². The fourth-order valence-corrected chi connectivity index (χ4v) is 2.56. The molecule has 0 fully saturated rings. The normalized spacial score (nSPS) is 11.1. The number of amides is 1. The van der Waals surface area contributed by atoms with Crippen LogP contribution >= 0.6 is 24.0 Å². The number of rotatable bonds is 6. The molecule has 0 aliphatic carbocycles. The number of ether oxygens (including phenoxy) is 3. The zero-order chi connectivity index (χ0) is 18.6. The lowest BCUT2D eigenvalue weighted by Gasteiger charge is -2.18. The molecule has 2 aromatic rings. The van der Waals surface area contributed by atoms with Crippen LogP contribution in [0.4, 0.5) is 5.69 Å². The number of carbonyl (C=O) groups excluding carboxylic acids is 1. The summed E-state index contributed by atoms with van der Waals surface area (Å²) in [4.78, 5) is 12.6. The predicted octanol–water partition coefficient (Wildman–Crippen LogP) is 3.86. The lowest BCUT2D eigenvalue weighted by Crippen LogP contribution is -2.27. The highest BCUT2D eigenvalue weighted by Gasteiger charge is 2.18. The van der Waals surface area contributed by atoms with Gasteiger partial charge in [0.2, 0.25) is 0 Å². The minimum absolute atomic E-state index is 0. The van der Waals surface area contributed by atoms with E-state index in [9.17, 15) is 4.79 Å². The van der Waals surface area contributed by atoms with Crippen LogP contribution in [0.3, 0.4) is 0 Å². The summed E-state index contributed by atoms with van der Waals surface area (Å²) in [5.74, 6) is 1.26. The zero-order valence-electron chi connectivity index (χ0n) is 15.0. The van der Waals surface area contributed by atoms with Gasteiger partial charge in [-0.15, -0.1) is 12.4 Å². The van der Waals surface area contributed by atoms with Crippen molar-refractivity contribution in [1.29, 1.82) is 0 Å². The average molecular weight is 401 g/mol. The molecule has 2 rings (SSSR count). The number of nitrogens with two attached hydrogens (primary N) is 1. The van der Waals surface area contributed by atoms with Crippen molar-refractivity contribution in [2.24, 2.45) is 0 Å². The minimum atomic E-state index is -0.318. The molecule has 0 saturated carbocycles. The number of benzene rings is 2. The Balaban J connectivity index is 0.00000338. The van der Waals surface area contributed by atoms with Gasteiger partial charge in [-0.2, -0.15) is 0 Å². The highest BCUT2D eigenvalue weighted by atomic mass is 35.5. The Hall–Kier alpha value is -2.31. The summed E-state index contributed by atoms with van der Waals surface area (Å²) in [6, 6.07) is 8.21. The van der Waals surface area contributed by atoms with Crippen LogP contribution in [0.15, 0.2) is 30.3 Å². The molecule has 1 amide bonds. The number of hydrogen-bond acceptors (Lipinski definition) is 5. The van der Waals surface area contributed by atoms with Gasteiger partial charge in [0, 0.05) is 6.07 Å². The maximum atomic E-state index is 12.6. The summed E-state index contributed by atoms with van der Waals surface area (Å²) < 4.78 is 15.7. The van der Waals surface area contributed by atoms with Gasteiger partial charge < -0.3 is 25.3 Å². The number of nitrogen functional groups attached to an aromatic ring is 1. The molecule has 2 aromatic carbocycles. The summed E-state index contributed by atoms with van der Waals surface area (Å²) in [5, 5.41) is 3.20. The second-order valence-electron chi connectivity index (χ2n) is 5.38. The standard InChI is InChI=1S/C18H21ClN2O4.ClH/c1-10(11-5-6-15(23-2)17(7-11)25-4)21-18(22)12-8-13(19)14(20)9-16(12)24-3;/h5-10H,20H2,1-4H3,(H,21,22);1H. The van der Waals surface area contributed by atoms with Crippen molar-refractivity contribution in [1.82, 2.24) is 5.32 Å². The third kappa shape index (κ3) is 4.65. The Morgan fingerprint density at radius 2 is 1.65 bits per heavy atom. The van der Waals surface area contributed by atoms with E-state index >= 15 is 0 Å². The quantitative estimate of drug-likeness (QED) is 0.719. The average Bonchev–Trinajstić information content (AvgIpc) is 2.62. The molecule has 0 aliphatic heterocycles. The molecule has 0 aliphatic rings. The van der Waals surface area contributed by atoms with Gasteiger partial charge in [-0.1, -0.05) is 17.7 Å². The molecule has 1 atom stereocenters. The van der Waals surface area contributed by atoms with Crippen LogP contribution < -0.4 is 25.3 Å². The van der Waals surface area contributed by atoms with Crippen molar-refractivity contribution in [2.45, 2.75) is 13.0 Å². The van der Waals surface area contributed by atoms with Gasteiger partial charge in [-0.3, -0.25) is 4.79 Å². The molecule has 6 nitrogen and oxygen atoms in total. The number of halogens is 2. The van der Waals surface area contributed by atoms with E-state index in [1.54, 1.807) is 20.3 Å². The van der Waals surface area contributed by atoms with E-state index in [1.165, 1.54) is 19.2 Å². The molecule has 0 saturated heterocycles. The lowest BCUT2D eigenvalue weighted by atomic mass is 10.1. The summed E-state index contributed by atoms with van der Waals surface area (Å²) in [5.41, 5.74) is 7.28. The first-order chi connectivity index (χ1) is 11.9. The topological polar surface area (TPSA) is 82.8 Å². The first-order valence-corrected chi connectivity index (χ1v) is 7.94. The fraction of sp³-hybridized carbons (Fsp3) is 0.278. The van der Waals surface area contributed by atoms with Crippen molar-refractivity contribution in [2.75, 3.05) is 27.1 Å². The molecular weight excluding hydrogens is 379 g/mol. The zero-order valence-corrected chi connectivity index (χ0v) is 16.5. The molecular formula is C18H22Cl2N2O4. The lowest BCUT2D eigenvalue weighted by molar-refractivity contribution is 0.0937. The van der Waals surface area contributed by atoms with Gasteiger partial charge in [0.05, 0.1) is 43.6 Å². The second kappa shape index (κ2) is 9.40. The minimum Gasteiger partial charge on any atom is -0.496 e. The maximum Gasteiger partial charge on any atom is 0.255 e. The van der Waals surface area contributed by atoms with Gasteiger partial charge in [0.1, 0.15) is 5.75 Å². The molecule has 142 valence electrons. The number of anilines is 1. The summed E-state index contributed by atoms with van der Waals surface area (Å²) in [6.07, 6.45) is 0. The Morgan fingerprint density at radius 3 is 2.23 bits per heavy atom. The summed E-state index contributed by atoms with van der Waals surface area (Å²) in [6.45, 7) is 1.87.